The maximum atomic E-state index is 13.5. The summed E-state index contributed by atoms with van der Waals surface area (Å²) in [5, 5.41) is 13.6. The van der Waals surface area contributed by atoms with Crippen molar-refractivity contribution in [2.75, 3.05) is 43.1 Å². The first-order valence-electron chi connectivity index (χ1n) is 8.88. The fraction of sp³-hybridized carbons (Fsp3) is 0.263. The molecule has 0 saturated carbocycles. The van der Waals surface area contributed by atoms with Gasteiger partial charge in [0.25, 0.3) is 11.6 Å². The molecule has 0 aromatic heterocycles. The van der Waals surface area contributed by atoms with E-state index in [2.05, 4.69) is 5.32 Å². The summed E-state index contributed by atoms with van der Waals surface area (Å²) in [6.45, 7) is 1.07. The number of ether oxygens (including phenoxy) is 2. The number of carbonyl (C=O) groups is 2. The van der Waals surface area contributed by atoms with Gasteiger partial charge in [0.05, 0.1) is 29.4 Å². The van der Waals surface area contributed by atoms with Gasteiger partial charge in [-0.15, -0.1) is 0 Å². The van der Waals surface area contributed by atoms with Gasteiger partial charge in [0.15, 0.2) is 6.61 Å². The van der Waals surface area contributed by atoms with Gasteiger partial charge >= 0.3 is 5.97 Å². The second-order valence-electron chi connectivity index (χ2n) is 6.31. The van der Waals surface area contributed by atoms with Crippen LogP contribution in [-0.4, -0.2) is 49.7 Å². The number of nitrogens with one attached hydrogen (secondary N) is 1. The number of halogens is 2. The molecule has 1 heterocycles. The van der Waals surface area contributed by atoms with Crippen LogP contribution in [0.2, 0.25) is 0 Å². The summed E-state index contributed by atoms with van der Waals surface area (Å²) in [4.78, 5) is 36.6. The van der Waals surface area contributed by atoms with Crippen molar-refractivity contribution in [3.63, 3.8) is 0 Å². The number of nitrogens with zero attached hydrogens (tertiary/aromatic N) is 2. The van der Waals surface area contributed by atoms with E-state index in [4.69, 9.17) is 9.47 Å². The topological polar surface area (TPSA) is 111 Å². The number of hydrogen-bond donors (Lipinski definition) is 1. The number of amides is 1. The third-order valence-electron chi connectivity index (χ3n) is 4.30. The molecule has 1 N–H and O–H groups in total. The molecular weight excluding hydrogens is 404 g/mol. The highest BCUT2D eigenvalue weighted by Gasteiger charge is 2.24. The zero-order valence-corrected chi connectivity index (χ0v) is 15.6. The molecule has 0 radical (unpaired) electrons. The number of nitro benzene ring substituents is 1. The summed E-state index contributed by atoms with van der Waals surface area (Å²) in [6.07, 6.45) is 0. The summed E-state index contributed by atoms with van der Waals surface area (Å²) < 4.78 is 36.5. The highest BCUT2D eigenvalue weighted by atomic mass is 19.1. The smallest absolute Gasteiger partial charge is 0.338 e. The lowest BCUT2D eigenvalue weighted by Crippen LogP contribution is -2.36. The average Bonchev–Trinajstić information content (AvgIpc) is 2.74. The van der Waals surface area contributed by atoms with E-state index in [9.17, 15) is 28.5 Å². The average molecular weight is 421 g/mol. The number of benzene rings is 2. The van der Waals surface area contributed by atoms with Crippen molar-refractivity contribution in [3.05, 3.63) is 63.7 Å². The quantitative estimate of drug-likeness (QED) is 0.433. The zero-order chi connectivity index (χ0) is 21.7. The summed E-state index contributed by atoms with van der Waals surface area (Å²) in [6, 6.07) is 6.45. The molecule has 1 aliphatic rings. The highest BCUT2D eigenvalue weighted by Crippen LogP contribution is 2.30. The lowest BCUT2D eigenvalue weighted by molar-refractivity contribution is -0.384. The highest BCUT2D eigenvalue weighted by molar-refractivity contribution is 5.96. The number of rotatable bonds is 6. The molecule has 30 heavy (non-hydrogen) atoms. The number of carbonyl (C=O) groups excluding carboxylic acids is 2. The molecule has 0 spiro atoms. The minimum absolute atomic E-state index is 0.112. The summed E-state index contributed by atoms with van der Waals surface area (Å²) in [5.41, 5.74) is -0.309. The SMILES string of the molecule is O=C(COC(=O)c1ccc(N2CCOCC2)c([N+](=O)[O-])c1)Nc1ccc(F)cc1F. The first-order valence-corrected chi connectivity index (χ1v) is 8.88. The van der Waals surface area contributed by atoms with Crippen LogP contribution in [0.25, 0.3) is 0 Å². The number of esters is 1. The minimum Gasteiger partial charge on any atom is -0.452 e. The van der Waals surface area contributed by atoms with Crippen molar-refractivity contribution in [1.82, 2.24) is 0 Å². The Labute approximate surface area is 169 Å². The van der Waals surface area contributed by atoms with Crippen molar-refractivity contribution >= 4 is 28.9 Å². The molecule has 1 saturated heterocycles. The van der Waals surface area contributed by atoms with Crippen LogP contribution in [0.15, 0.2) is 36.4 Å². The van der Waals surface area contributed by atoms with Crippen LogP contribution in [0.4, 0.5) is 25.8 Å². The minimum atomic E-state index is -0.982. The zero-order valence-electron chi connectivity index (χ0n) is 15.6. The predicted octanol–water partition coefficient (Wildman–Crippen LogP) is 2.51. The fourth-order valence-corrected chi connectivity index (χ4v) is 2.86. The normalized spacial score (nSPS) is 13.6. The molecule has 2 aromatic carbocycles. The Bertz CT molecular complexity index is 979. The second kappa shape index (κ2) is 9.27. The van der Waals surface area contributed by atoms with Gasteiger partial charge < -0.3 is 19.7 Å². The molecule has 9 nitrogen and oxygen atoms in total. The van der Waals surface area contributed by atoms with Gasteiger partial charge in [-0.1, -0.05) is 0 Å². The molecule has 2 aromatic rings. The maximum absolute atomic E-state index is 13.5. The van der Waals surface area contributed by atoms with E-state index in [1.165, 1.54) is 12.1 Å². The van der Waals surface area contributed by atoms with Crippen LogP contribution in [-0.2, 0) is 14.3 Å². The molecule has 0 aliphatic carbocycles. The van der Waals surface area contributed by atoms with E-state index in [-0.39, 0.29) is 16.9 Å². The molecule has 0 bridgehead atoms. The van der Waals surface area contributed by atoms with Crippen LogP contribution < -0.4 is 10.2 Å². The number of anilines is 2. The van der Waals surface area contributed by atoms with Gasteiger partial charge in [-0.05, 0) is 24.3 Å². The Morgan fingerprint density at radius 1 is 1.17 bits per heavy atom. The first-order chi connectivity index (χ1) is 14.3. The third kappa shape index (κ3) is 5.06. The standard InChI is InChI=1S/C19H17F2N3O6/c20-13-2-3-15(14(21)10-13)22-18(25)11-30-19(26)12-1-4-16(17(9-12)24(27)28)23-5-7-29-8-6-23/h1-4,9-10H,5-8,11H2,(H,22,25). The molecule has 1 fully saturated rings. The molecule has 0 atom stereocenters. The van der Waals surface area contributed by atoms with Crippen LogP contribution in [0.5, 0.6) is 0 Å². The summed E-state index contributed by atoms with van der Waals surface area (Å²) >= 11 is 0. The lowest BCUT2D eigenvalue weighted by atomic mass is 10.1. The second-order valence-corrected chi connectivity index (χ2v) is 6.31. The van der Waals surface area contributed by atoms with Gasteiger partial charge in [0.2, 0.25) is 0 Å². The molecular formula is C19H17F2N3O6. The van der Waals surface area contributed by atoms with Crippen molar-refractivity contribution in [2.24, 2.45) is 0 Å². The molecule has 11 heteroatoms. The van der Waals surface area contributed by atoms with Gasteiger partial charge in [0, 0.05) is 25.2 Å². The van der Waals surface area contributed by atoms with Crippen LogP contribution in [0, 0.1) is 21.7 Å². The maximum Gasteiger partial charge on any atom is 0.338 e. The Hall–Kier alpha value is -3.60. The molecule has 1 aliphatic heterocycles. The number of morpholine rings is 1. The van der Waals surface area contributed by atoms with Crippen LogP contribution in [0.3, 0.4) is 0 Å². The van der Waals surface area contributed by atoms with E-state index in [1.54, 1.807) is 4.90 Å². The van der Waals surface area contributed by atoms with Gasteiger partial charge in [0.1, 0.15) is 17.3 Å². The Kier molecular flexibility index (Phi) is 6.52. The lowest BCUT2D eigenvalue weighted by Gasteiger charge is -2.28. The van der Waals surface area contributed by atoms with Crippen LogP contribution in [0.1, 0.15) is 10.4 Å². The Balaban J connectivity index is 1.65. The molecule has 0 unspecified atom stereocenters. The Morgan fingerprint density at radius 2 is 1.90 bits per heavy atom. The number of nitro groups is 1. The summed E-state index contributed by atoms with van der Waals surface area (Å²) in [7, 11) is 0. The van der Waals surface area contributed by atoms with Crippen molar-refractivity contribution in [1.29, 1.82) is 0 Å². The predicted molar refractivity (Wildman–Crippen MR) is 101 cm³/mol. The van der Waals surface area contributed by atoms with Gasteiger partial charge in [-0.25, -0.2) is 13.6 Å². The fourth-order valence-electron chi connectivity index (χ4n) is 2.86. The summed E-state index contributed by atoms with van der Waals surface area (Å²) in [5.74, 6) is -3.60. The van der Waals surface area contributed by atoms with Crippen molar-refractivity contribution < 1.29 is 32.8 Å². The molecule has 1 amide bonds. The monoisotopic (exact) mass is 421 g/mol. The number of hydrogen-bond acceptors (Lipinski definition) is 7. The van der Waals surface area contributed by atoms with Gasteiger partial charge in [-0.3, -0.25) is 14.9 Å². The molecule has 3 rings (SSSR count). The van der Waals surface area contributed by atoms with Crippen LogP contribution >= 0.6 is 0 Å². The van der Waals surface area contributed by atoms with Gasteiger partial charge in [-0.2, -0.15) is 0 Å². The largest absolute Gasteiger partial charge is 0.452 e. The Morgan fingerprint density at radius 3 is 2.57 bits per heavy atom. The van der Waals surface area contributed by atoms with E-state index in [0.717, 1.165) is 18.2 Å². The van der Waals surface area contributed by atoms with Crippen molar-refractivity contribution in [2.45, 2.75) is 0 Å². The third-order valence-corrected chi connectivity index (χ3v) is 4.30. The van der Waals surface area contributed by atoms with E-state index in [0.29, 0.717) is 38.1 Å². The first kappa shape index (κ1) is 21.1. The van der Waals surface area contributed by atoms with E-state index < -0.39 is 35.0 Å². The van der Waals surface area contributed by atoms with Crippen molar-refractivity contribution in [3.8, 4) is 0 Å². The van der Waals surface area contributed by atoms with E-state index >= 15 is 0 Å². The van der Waals surface area contributed by atoms with E-state index in [1.807, 2.05) is 0 Å². The molecule has 158 valence electrons.